The number of hydrogen-bond donors (Lipinski definition) is 0. The summed E-state index contributed by atoms with van der Waals surface area (Å²) >= 11 is 1.96. The largest absolute Gasteiger partial charge is 0.378 e. The van der Waals surface area contributed by atoms with Crippen molar-refractivity contribution in [1.82, 2.24) is 0 Å². The Morgan fingerprint density at radius 2 is 2.06 bits per heavy atom. The fraction of sp³-hybridized carbons (Fsp3) is 0.538. The maximum absolute atomic E-state index is 10.7. The third-order valence-electron chi connectivity index (χ3n) is 3.78. The van der Waals surface area contributed by atoms with Gasteiger partial charge in [0.25, 0.3) is 5.69 Å². The molecule has 0 aromatic heterocycles. The highest BCUT2D eigenvalue weighted by Gasteiger charge is 2.38. The van der Waals surface area contributed by atoms with Gasteiger partial charge in [-0.1, -0.05) is 12.1 Å². The third-order valence-corrected chi connectivity index (χ3v) is 5.23. The average Bonchev–Trinajstić information content (AvgIpc) is 2.87. The summed E-state index contributed by atoms with van der Waals surface area (Å²) in [5.41, 5.74) is 1.37. The Bertz CT molecular complexity index is 448. The molecular weight excluding hydrogens is 250 g/mol. The zero-order valence-corrected chi connectivity index (χ0v) is 10.8. The highest BCUT2D eigenvalue weighted by atomic mass is 32.2. The van der Waals surface area contributed by atoms with Gasteiger partial charge in [-0.25, -0.2) is 0 Å². The fourth-order valence-corrected chi connectivity index (χ4v) is 4.40. The molecular formula is C13H15NO3S. The lowest BCUT2D eigenvalue weighted by Crippen LogP contribution is -2.26. The molecule has 1 unspecified atom stereocenters. The first kappa shape index (κ1) is 12.0. The number of nitro groups is 1. The van der Waals surface area contributed by atoms with E-state index in [9.17, 15) is 10.1 Å². The number of ether oxygens (including phenoxy) is 1. The molecule has 2 heterocycles. The van der Waals surface area contributed by atoms with E-state index in [4.69, 9.17) is 4.74 Å². The number of benzene rings is 1. The molecule has 5 heteroatoms. The Morgan fingerprint density at radius 1 is 1.28 bits per heavy atom. The molecule has 3 atom stereocenters. The van der Waals surface area contributed by atoms with Crippen molar-refractivity contribution in [2.45, 2.75) is 24.2 Å². The normalized spacial score (nSPS) is 31.0. The van der Waals surface area contributed by atoms with E-state index < -0.39 is 0 Å². The maximum Gasteiger partial charge on any atom is 0.269 e. The summed E-state index contributed by atoms with van der Waals surface area (Å²) in [6.07, 6.45) is 2.64. The second kappa shape index (κ2) is 4.90. The van der Waals surface area contributed by atoms with E-state index in [2.05, 4.69) is 0 Å². The first-order valence-electron chi connectivity index (χ1n) is 6.23. The van der Waals surface area contributed by atoms with Crippen LogP contribution in [-0.2, 0) is 4.74 Å². The third kappa shape index (κ3) is 2.12. The van der Waals surface area contributed by atoms with E-state index in [-0.39, 0.29) is 10.6 Å². The second-order valence-corrected chi connectivity index (χ2v) is 6.04. The lowest BCUT2D eigenvalue weighted by molar-refractivity contribution is -0.384. The van der Waals surface area contributed by atoms with Crippen LogP contribution in [0, 0.1) is 16.0 Å². The highest BCUT2D eigenvalue weighted by molar-refractivity contribution is 7.99. The molecule has 0 N–H and O–H groups in total. The van der Waals surface area contributed by atoms with E-state index in [1.807, 2.05) is 23.9 Å². The summed E-state index contributed by atoms with van der Waals surface area (Å²) in [5.74, 6) is 1.69. The van der Waals surface area contributed by atoms with Crippen molar-refractivity contribution in [3.63, 3.8) is 0 Å². The van der Waals surface area contributed by atoms with Crippen molar-refractivity contribution in [2.24, 2.45) is 5.92 Å². The summed E-state index contributed by atoms with van der Waals surface area (Å²) in [5, 5.41) is 11.1. The van der Waals surface area contributed by atoms with Gasteiger partial charge >= 0.3 is 0 Å². The summed E-state index contributed by atoms with van der Waals surface area (Å²) < 4.78 is 5.75. The van der Waals surface area contributed by atoms with Gasteiger partial charge in [-0.2, -0.15) is 11.8 Å². The van der Waals surface area contributed by atoms with Crippen LogP contribution in [-0.4, -0.2) is 23.4 Å². The quantitative estimate of drug-likeness (QED) is 0.608. The molecule has 2 aliphatic heterocycles. The predicted molar refractivity (Wildman–Crippen MR) is 70.8 cm³/mol. The molecule has 0 radical (unpaired) electrons. The molecule has 0 amide bonds. The van der Waals surface area contributed by atoms with Gasteiger partial charge in [0.2, 0.25) is 0 Å². The van der Waals surface area contributed by atoms with E-state index in [1.165, 1.54) is 5.56 Å². The molecule has 1 aromatic carbocycles. The van der Waals surface area contributed by atoms with Crippen molar-refractivity contribution >= 4 is 17.4 Å². The summed E-state index contributed by atoms with van der Waals surface area (Å²) in [4.78, 5) is 10.3. The fourth-order valence-electron chi connectivity index (χ4n) is 2.87. The smallest absolute Gasteiger partial charge is 0.269 e. The molecule has 0 bridgehead atoms. The van der Waals surface area contributed by atoms with Gasteiger partial charge in [-0.15, -0.1) is 0 Å². The molecule has 4 nitrogen and oxygen atoms in total. The average molecular weight is 265 g/mol. The number of rotatable bonds is 2. The molecule has 2 fully saturated rings. The monoisotopic (exact) mass is 265 g/mol. The molecule has 1 aromatic rings. The van der Waals surface area contributed by atoms with Crippen molar-refractivity contribution in [1.29, 1.82) is 0 Å². The van der Waals surface area contributed by atoms with Crippen LogP contribution in [0.1, 0.15) is 23.7 Å². The lowest BCUT2D eigenvalue weighted by atomic mass is 9.90. The van der Waals surface area contributed by atoms with E-state index in [0.717, 1.165) is 25.2 Å². The van der Waals surface area contributed by atoms with Crippen molar-refractivity contribution in [3.05, 3.63) is 39.9 Å². The molecule has 0 aliphatic carbocycles. The van der Waals surface area contributed by atoms with Gasteiger partial charge in [0, 0.05) is 29.9 Å². The van der Waals surface area contributed by atoms with Gasteiger partial charge in [-0.05, 0) is 24.2 Å². The lowest BCUT2D eigenvalue weighted by Gasteiger charge is -2.32. The minimum Gasteiger partial charge on any atom is -0.378 e. The van der Waals surface area contributed by atoms with Crippen molar-refractivity contribution in [2.75, 3.05) is 12.4 Å². The van der Waals surface area contributed by atoms with Gasteiger partial charge in [0.1, 0.15) is 0 Å². The Balaban J connectivity index is 1.82. The van der Waals surface area contributed by atoms with E-state index in [1.54, 1.807) is 12.1 Å². The van der Waals surface area contributed by atoms with Crippen LogP contribution in [0.5, 0.6) is 0 Å². The van der Waals surface area contributed by atoms with Crippen LogP contribution in [0.3, 0.4) is 0 Å². The first-order valence-corrected chi connectivity index (χ1v) is 7.28. The number of non-ortho nitro benzene ring substituents is 1. The van der Waals surface area contributed by atoms with Crippen LogP contribution in [0.15, 0.2) is 24.3 Å². The molecule has 2 aliphatic rings. The SMILES string of the molecule is O=[N+]([O-])c1ccc(C2SCC[C@@H]3OCC[C@@H]23)cc1. The van der Waals surface area contributed by atoms with Gasteiger partial charge < -0.3 is 4.74 Å². The molecule has 0 saturated carbocycles. The van der Waals surface area contributed by atoms with Crippen LogP contribution in [0.2, 0.25) is 0 Å². The Hall–Kier alpha value is -1.07. The van der Waals surface area contributed by atoms with E-state index >= 15 is 0 Å². The van der Waals surface area contributed by atoms with Crippen LogP contribution in [0.4, 0.5) is 5.69 Å². The minimum atomic E-state index is -0.348. The number of fused-ring (bicyclic) bond motifs is 1. The summed E-state index contributed by atoms with van der Waals surface area (Å²) in [7, 11) is 0. The molecule has 0 spiro atoms. The first-order chi connectivity index (χ1) is 8.75. The van der Waals surface area contributed by atoms with Crippen LogP contribution in [0.25, 0.3) is 0 Å². The number of hydrogen-bond acceptors (Lipinski definition) is 4. The Kier molecular flexibility index (Phi) is 3.26. The molecule has 3 rings (SSSR count). The topological polar surface area (TPSA) is 52.4 Å². The minimum absolute atomic E-state index is 0.166. The Morgan fingerprint density at radius 3 is 2.78 bits per heavy atom. The summed E-state index contributed by atoms with van der Waals surface area (Å²) in [6, 6.07) is 7.01. The number of thioether (sulfide) groups is 1. The van der Waals surface area contributed by atoms with Gasteiger partial charge in [-0.3, -0.25) is 10.1 Å². The van der Waals surface area contributed by atoms with Gasteiger partial charge in [0.05, 0.1) is 11.0 Å². The molecule has 96 valence electrons. The maximum atomic E-state index is 10.7. The molecule has 2 saturated heterocycles. The van der Waals surface area contributed by atoms with Crippen molar-refractivity contribution < 1.29 is 9.66 Å². The zero-order valence-electron chi connectivity index (χ0n) is 9.95. The van der Waals surface area contributed by atoms with Crippen LogP contribution < -0.4 is 0 Å². The van der Waals surface area contributed by atoms with Gasteiger partial charge in [0.15, 0.2) is 0 Å². The second-order valence-electron chi connectivity index (χ2n) is 4.79. The van der Waals surface area contributed by atoms with Crippen molar-refractivity contribution in [3.8, 4) is 0 Å². The number of nitro benzene ring substituents is 1. The zero-order chi connectivity index (χ0) is 12.5. The predicted octanol–water partition coefficient (Wildman–Crippen LogP) is 3.18. The standard InChI is InChI=1S/C13H15NO3S/c15-14(16)10-3-1-9(2-4-10)13-11-5-7-17-12(11)6-8-18-13/h1-4,11-13H,5-8H2/t11-,12+,13?/m1/s1. The summed E-state index contributed by atoms with van der Waals surface area (Å²) in [6.45, 7) is 0.860. The van der Waals surface area contributed by atoms with E-state index in [0.29, 0.717) is 17.3 Å². The highest BCUT2D eigenvalue weighted by Crippen LogP contribution is 2.48. The Labute approximate surface area is 110 Å². The van der Waals surface area contributed by atoms with Crippen LogP contribution >= 0.6 is 11.8 Å². The molecule has 18 heavy (non-hydrogen) atoms. The number of nitrogens with zero attached hydrogens (tertiary/aromatic N) is 1.